The molecule has 4 heteroatoms. The van der Waals surface area contributed by atoms with Gasteiger partial charge in [0.15, 0.2) is 0 Å². The number of amides is 2. The SMILES string of the molecule is CN(CCCCC(N)=O)C(=O)[CH]c1ccccc1. The first-order valence-electron chi connectivity index (χ1n) is 6.03. The number of nitrogens with zero attached hydrogens (tertiary/aromatic N) is 1. The molecule has 18 heavy (non-hydrogen) atoms. The van der Waals surface area contributed by atoms with Crippen molar-refractivity contribution in [3.05, 3.63) is 42.3 Å². The standard InChI is InChI=1S/C14H19N2O2/c1-16(10-6-5-9-13(15)17)14(18)11-12-7-3-2-4-8-12/h2-4,7-8,11H,5-6,9-10H2,1H3,(H2,15,17). The van der Waals surface area contributed by atoms with Gasteiger partial charge in [0.2, 0.25) is 11.8 Å². The van der Waals surface area contributed by atoms with E-state index in [1.54, 1.807) is 18.4 Å². The Labute approximate surface area is 108 Å². The Morgan fingerprint density at radius 3 is 2.50 bits per heavy atom. The van der Waals surface area contributed by atoms with Gasteiger partial charge in [-0.15, -0.1) is 0 Å². The highest BCUT2D eigenvalue weighted by Gasteiger charge is 2.09. The van der Waals surface area contributed by atoms with Gasteiger partial charge in [-0.3, -0.25) is 9.59 Å². The van der Waals surface area contributed by atoms with Crippen LogP contribution in [0.3, 0.4) is 0 Å². The number of hydrogen-bond acceptors (Lipinski definition) is 2. The van der Waals surface area contributed by atoms with Gasteiger partial charge in [-0.05, 0) is 18.4 Å². The summed E-state index contributed by atoms with van der Waals surface area (Å²) in [4.78, 5) is 24.0. The van der Waals surface area contributed by atoms with E-state index in [1.807, 2.05) is 30.3 Å². The number of carbonyl (C=O) groups is 2. The molecule has 4 nitrogen and oxygen atoms in total. The maximum Gasteiger partial charge on any atom is 0.231 e. The van der Waals surface area contributed by atoms with Crippen molar-refractivity contribution >= 4 is 11.8 Å². The van der Waals surface area contributed by atoms with E-state index in [1.165, 1.54) is 0 Å². The Morgan fingerprint density at radius 1 is 1.22 bits per heavy atom. The average molecular weight is 247 g/mol. The van der Waals surface area contributed by atoms with Crippen molar-refractivity contribution in [3.63, 3.8) is 0 Å². The summed E-state index contributed by atoms with van der Waals surface area (Å²) < 4.78 is 0. The predicted molar refractivity (Wildman–Crippen MR) is 70.5 cm³/mol. The molecule has 0 saturated carbocycles. The normalized spacial score (nSPS) is 10.1. The summed E-state index contributed by atoms with van der Waals surface area (Å²) in [7, 11) is 1.76. The molecule has 1 rings (SSSR count). The molecule has 97 valence electrons. The number of carbonyl (C=O) groups excluding carboxylic acids is 2. The van der Waals surface area contributed by atoms with Crippen LogP contribution in [-0.4, -0.2) is 30.3 Å². The Bertz CT molecular complexity index is 390. The van der Waals surface area contributed by atoms with Crippen LogP contribution < -0.4 is 5.73 Å². The van der Waals surface area contributed by atoms with Gasteiger partial charge in [0.05, 0.1) is 6.42 Å². The molecule has 1 aromatic rings. The summed E-state index contributed by atoms with van der Waals surface area (Å²) in [6.07, 6.45) is 3.49. The van der Waals surface area contributed by atoms with Crippen molar-refractivity contribution in [1.82, 2.24) is 4.90 Å². The monoisotopic (exact) mass is 247 g/mol. The fourth-order valence-electron chi connectivity index (χ4n) is 1.56. The van der Waals surface area contributed by atoms with Crippen LogP contribution in [0.2, 0.25) is 0 Å². The molecule has 0 spiro atoms. The Kier molecular flexibility index (Phi) is 5.91. The van der Waals surface area contributed by atoms with E-state index in [9.17, 15) is 9.59 Å². The van der Waals surface area contributed by atoms with Crippen LogP contribution in [0.1, 0.15) is 24.8 Å². The van der Waals surface area contributed by atoms with Crippen molar-refractivity contribution in [2.45, 2.75) is 19.3 Å². The molecule has 0 aliphatic rings. The molecule has 0 heterocycles. The first kappa shape index (κ1) is 14.2. The summed E-state index contributed by atoms with van der Waals surface area (Å²) in [5.41, 5.74) is 5.94. The zero-order valence-corrected chi connectivity index (χ0v) is 10.6. The van der Waals surface area contributed by atoms with E-state index < -0.39 is 0 Å². The van der Waals surface area contributed by atoms with Crippen LogP contribution in [-0.2, 0) is 9.59 Å². The highest BCUT2D eigenvalue weighted by molar-refractivity contribution is 5.88. The minimum Gasteiger partial charge on any atom is -0.370 e. The van der Waals surface area contributed by atoms with Gasteiger partial charge in [-0.1, -0.05) is 30.3 Å². The van der Waals surface area contributed by atoms with Gasteiger partial charge in [-0.2, -0.15) is 0 Å². The molecule has 0 atom stereocenters. The quantitative estimate of drug-likeness (QED) is 0.739. The van der Waals surface area contributed by atoms with E-state index in [0.29, 0.717) is 13.0 Å². The van der Waals surface area contributed by atoms with E-state index in [4.69, 9.17) is 5.73 Å². The molecule has 0 fully saturated rings. The smallest absolute Gasteiger partial charge is 0.231 e. The van der Waals surface area contributed by atoms with Crippen LogP contribution >= 0.6 is 0 Å². The van der Waals surface area contributed by atoms with Crippen LogP contribution in [0.15, 0.2) is 30.3 Å². The zero-order chi connectivity index (χ0) is 13.4. The molecule has 0 saturated heterocycles. The summed E-state index contributed by atoms with van der Waals surface area (Å²) >= 11 is 0. The van der Waals surface area contributed by atoms with Crippen LogP contribution in [0.4, 0.5) is 0 Å². The minimum absolute atomic E-state index is 0.0275. The summed E-state index contributed by atoms with van der Waals surface area (Å²) in [6, 6.07) is 9.48. The first-order chi connectivity index (χ1) is 8.59. The zero-order valence-electron chi connectivity index (χ0n) is 10.6. The third-order valence-electron chi connectivity index (χ3n) is 2.63. The number of hydrogen-bond donors (Lipinski definition) is 1. The highest BCUT2D eigenvalue weighted by atomic mass is 16.2. The van der Waals surface area contributed by atoms with Crippen molar-refractivity contribution in [3.8, 4) is 0 Å². The number of rotatable bonds is 7. The van der Waals surface area contributed by atoms with Gasteiger partial charge in [0, 0.05) is 20.0 Å². The molecular formula is C14H19N2O2. The Hall–Kier alpha value is -1.84. The lowest BCUT2D eigenvalue weighted by Gasteiger charge is -2.16. The average Bonchev–Trinajstić information content (AvgIpc) is 2.35. The third-order valence-corrected chi connectivity index (χ3v) is 2.63. The van der Waals surface area contributed by atoms with Gasteiger partial charge in [-0.25, -0.2) is 0 Å². The van der Waals surface area contributed by atoms with Crippen molar-refractivity contribution < 1.29 is 9.59 Å². The van der Waals surface area contributed by atoms with Crippen molar-refractivity contribution in [2.75, 3.05) is 13.6 Å². The lowest BCUT2D eigenvalue weighted by atomic mass is 10.1. The van der Waals surface area contributed by atoms with E-state index >= 15 is 0 Å². The number of primary amides is 1. The fourth-order valence-corrected chi connectivity index (χ4v) is 1.56. The van der Waals surface area contributed by atoms with Crippen LogP contribution in [0.25, 0.3) is 0 Å². The second-order valence-electron chi connectivity index (χ2n) is 4.24. The predicted octanol–water partition coefficient (Wildman–Crippen LogP) is 1.35. The van der Waals surface area contributed by atoms with Gasteiger partial charge < -0.3 is 10.6 Å². The van der Waals surface area contributed by atoms with Gasteiger partial charge >= 0.3 is 0 Å². The van der Waals surface area contributed by atoms with Crippen LogP contribution in [0.5, 0.6) is 0 Å². The number of nitrogens with two attached hydrogens (primary N) is 1. The lowest BCUT2D eigenvalue weighted by Crippen LogP contribution is -2.28. The maximum atomic E-state index is 11.8. The topological polar surface area (TPSA) is 63.4 Å². The molecule has 0 unspecified atom stereocenters. The second-order valence-corrected chi connectivity index (χ2v) is 4.24. The molecule has 0 aliphatic heterocycles. The molecule has 0 bridgehead atoms. The number of benzene rings is 1. The van der Waals surface area contributed by atoms with Gasteiger partial charge in [0.1, 0.15) is 0 Å². The molecule has 1 aromatic carbocycles. The molecule has 0 aliphatic carbocycles. The van der Waals surface area contributed by atoms with Crippen molar-refractivity contribution in [1.29, 1.82) is 0 Å². The molecule has 2 amide bonds. The minimum atomic E-state index is -0.292. The molecular weight excluding hydrogens is 228 g/mol. The third kappa shape index (κ3) is 5.48. The molecule has 2 N–H and O–H groups in total. The fraction of sp³-hybridized carbons (Fsp3) is 0.357. The number of unbranched alkanes of at least 4 members (excludes halogenated alkanes) is 1. The highest BCUT2D eigenvalue weighted by Crippen LogP contribution is 2.05. The van der Waals surface area contributed by atoms with Crippen LogP contribution in [0, 0.1) is 6.42 Å². The van der Waals surface area contributed by atoms with Gasteiger partial charge in [0.25, 0.3) is 0 Å². The Morgan fingerprint density at radius 2 is 1.89 bits per heavy atom. The lowest BCUT2D eigenvalue weighted by molar-refractivity contribution is -0.126. The molecule has 1 radical (unpaired) electrons. The van der Waals surface area contributed by atoms with Crippen molar-refractivity contribution in [2.24, 2.45) is 5.73 Å². The number of likely N-dealkylation sites (N-methyl/N-ethyl adjacent to an activating group) is 1. The maximum absolute atomic E-state index is 11.8. The van der Waals surface area contributed by atoms with E-state index in [-0.39, 0.29) is 11.8 Å². The summed E-state index contributed by atoms with van der Waals surface area (Å²) in [5, 5.41) is 0. The largest absolute Gasteiger partial charge is 0.370 e. The first-order valence-corrected chi connectivity index (χ1v) is 6.03. The Balaban J connectivity index is 2.27. The van der Waals surface area contributed by atoms with E-state index in [0.717, 1.165) is 18.4 Å². The molecule has 0 aromatic heterocycles. The second kappa shape index (κ2) is 7.48. The summed E-state index contributed by atoms with van der Waals surface area (Å²) in [5.74, 6) is -0.319. The van der Waals surface area contributed by atoms with E-state index in [2.05, 4.69) is 0 Å². The summed E-state index contributed by atoms with van der Waals surface area (Å²) in [6.45, 7) is 0.634.